The second-order valence-corrected chi connectivity index (χ2v) is 4.31. The first-order valence-electron chi connectivity index (χ1n) is 5.88. The van der Waals surface area contributed by atoms with Crippen LogP contribution in [0.1, 0.15) is 11.4 Å². The van der Waals surface area contributed by atoms with E-state index in [1.165, 1.54) is 4.90 Å². The lowest BCUT2D eigenvalue weighted by Gasteiger charge is -2.27. The van der Waals surface area contributed by atoms with E-state index in [1.54, 1.807) is 16.7 Å². The third-order valence-corrected chi connectivity index (χ3v) is 3.30. The molecule has 3 rings (SSSR count). The van der Waals surface area contributed by atoms with E-state index in [0.717, 1.165) is 5.69 Å². The van der Waals surface area contributed by atoms with Crippen LogP contribution in [0.15, 0.2) is 12.3 Å². The summed E-state index contributed by atoms with van der Waals surface area (Å²) in [5.74, 6) is 0.443. The van der Waals surface area contributed by atoms with Crippen LogP contribution < -0.4 is 9.64 Å². The van der Waals surface area contributed by atoms with E-state index in [9.17, 15) is 9.90 Å². The zero-order valence-electron chi connectivity index (χ0n) is 10.3. The molecule has 0 saturated heterocycles. The van der Waals surface area contributed by atoms with Crippen LogP contribution in [0.25, 0.3) is 5.65 Å². The first-order valence-corrected chi connectivity index (χ1v) is 5.88. The fourth-order valence-electron chi connectivity index (χ4n) is 2.30. The summed E-state index contributed by atoms with van der Waals surface area (Å²) in [5, 5.41) is 18.4. The van der Waals surface area contributed by atoms with Crippen LogP contribution in [0.2, 0.25) is 0 Å². The SMILES string of the molecule is Cc1c(CO)nc2c3c(ccn12)N(C(=O)O)CCO3. The van der Waals surface area contributed by atoms with Crippen molar-refractivity contribution >= 4 is 17.4 Å². The lowest BCUT2D eigenvalue weighted by molar-refractivity contribution is 0.197. The minimum absolute atomic E-state index is 0.162. The van der Waals surface area contributed by atoms with Crippen LogP contribution in [-0.4, -0.2) is 38.8 Å². The van der Waals surface area contributed by atoms with Gasteiger partial charge in [-0.1, -0.05) is 0 Å². The standard InChI is InChI=1S/C12H13N3O4/c1-7-8(6-16)13-11-10-9(2-3-14(7)11)15(12(17)18)4-5-19-10/h2-3,16H,4-6H2,1H3,(H,17,18). The van der Waals surface area contributed by atoms with Crippen molar-refractivity contribution in [3.05, 3.63) is 23.7 Å². The number of carbonyl (C=O) groups is 1. The Bertz CT molecular complexity index is 665. The molecule has 3 heterocycles. The molecule has 0 spiro atoms. The Hall–Kier alpha value is -2.28. The molecule has 2 N–H and O–H groups in total. The number of aromatic nitrogens is 2. The van der Waals surface area contributed by atoms with Gasteiger partial charge in [-0.3, -0.25) is 4.90 Å². The Morgan fingerprint density at radius 1 is 1.58 bits per heavy atom. The summed E-state index contributed by atoms with van der Waals surface area (Å²) in [6.07, 6.45) is 0.722. The normalized spacial score (nSPS) is 14.3. The summed E-state index contributed by atoms with van der Waals surface area (Å²) >= 11 is 0. The number of anilines is 1. The molecule has 7 heteroatoms. The van der Waals surface area contributed by atoms with Crippen LogP contribution >= 0.6 is 0 Å². The van der Waals surface area contributed by atoms with Gasteiger partial charge in [0.05, 0.1) is 24.5 Å². The number of aliphatic hydroxyl groups is 1. The molecular formula is C12H13N3O4. The molecule has 0 atom stereocenters. The van der Waals surface area contributed by atoms with Gasteiger partial charge in [-0.2, -0.15) is 0 Å². The summed E-state index contributed by atoms with van der Waals surface area (Å²) < 4.78 is 7.35. The molecule has 2 aromatic rings. The number of rotatable bonds is 1. The molecule has 0 unspecified atom stereocenters. The Morgan fingerprint density at radius 3 is 3.05 bits per heavy atom. The minimum Gasteiger partial charge on any atom is -0.486 e. The molecule has 2 aromatic heterocycles. The molecule has 0 bridgehead atoms. The number of aryl methyl sites for hydroxylation is 1. The average Bonchev–Trinajstić information content (AvgIpc) is 2.75. The fraction of sp³-hybridized carbons (Fsp3) is 0.333. The summed E-state index contributed by atoms with van der Waals surface area (Å²) in [4.78, 5) is 16.7. The van der Waals surface area contributed by atoms with Gasteiger partial charge in [-0.05, 0) is 13.0 Å². The van der Waals surface area contributed by atoms with E-state index in [1.807, 2.05) is 6.92 Å². The molecule has 0 radical (unpaired) electrons. The van der Waals surface area contributed by atoms with Gasteiger partial charge >= 0.3 is 6.09 Å². The van der Waals surface area contributed by atoms with Crippen molar-refractivity contribution in [3.63, 3.8) is 0 Å². The zero-order chi connectivity index (χ0) is 13.6. The zero-order valence-corrected chi connectivity index (χ0v) is 10.3. The number of aliphatic hydroxyl groups excluding tert-OH is 1. The number of amides is 1. The minimum atomic E-state index is -1.01. The summed E-state index contributed by atoms with van der Waals surface area (Å²) in [6, 6.07) is 1.69. The van der Waals surface area contributed by atoms with E-state index < -0.39 is 6.09 Å². The van der Waals surface area contributed by atoms with E-state index in [0.29, 0.717) is 35.9 Å². The molecule has 7 nitrogen and oxygen atoms in total. The van der Waals surface area contributed by atoms with E-state index in [-0.39, 0.29) is 6.61 Å². The highest BCUT2D eigenvalue weighted by atomic mass is 16.5. The van der Waals surface area contributed by atoms with Gasteiger partial charge < -0.3 is 19.4 Å². The molecule has 0 saturated carbocycles. The fourth-order valence-corrected chi connectivity index (χ4v) is 2.30. The van der Waals surface area contributed by atoms with Gasteiger partial charge in [-0.25, -0.2) is 9.78 Å². The highest BCUT2D eigenvalue weighted by molar-refractivity contribution is 5.91. The van der Waals surface area contributed by atoms with Crippen LogP contribution in [0.5, 0.6) is 5.75 Å². The lowest BCUT2D eigenvalue weighted by Crippen LogP contribution is -2.37. The quantitative estimate of drug-likeness (QED) is 0.801. The molecule has 19 heavy (non-hydrogen) atoms. The van der Waals surface area contributed by atoms with Crippen LogP contribution in [-0.2, 0) is 6.61 Å². The Labute approximate surface area is 108 Å². The Balaban J connectivity index is 2.26. The van der Waals surface area contributed by atoms with Crippen LogP contribution in [0, 0.1) is 6.92 Å². The van der Waals surface area contributed by atoms with Gasteiger partial charge in [0.15, 0.2) is 11.4 Å². The second-order valence-electron chi connectivity index (χ2n) is 4.31. The number of nitrogens with zero attached hydrogens (tertiary/aromatic N) is 3. The largest absolute Gasteiger partial charge is 0.486 e. The highest BCUT2D eigenvalue weighted by Gasteiger charge is 2.26. The molecule has 100 valence electrons. The second kappa shape index (κ2) is 4.13. The highest BCUT2D eigenvalue weighted by Crippen LogP contribution is 2.35. The summed E-state index contributed by atoms with van der Waals surface area (Å²) in [6.45, 7) is 2.27. The van der Waals surface area contributed by atoms with Crippen molar-refractivity contribution in [2.24, 2.45) is 0 Å². The lowest BCUT2D eigenvalue weighted by atomic mass is 10.3. The predicted molar refractivity (Wildman–Crippen MR) is 66.7 cm³/mol. The maximum Gasteiger partial charge on any atom is 0.412 e. The molecular weight excluding hydrogens is 250 g/mol. The number of fused-ring (bicyclic) bond motifs is 3. The molecule has 0 aliphatic carbocycles. The first-order chi connectivity index (χ1) is 9.13. The third-order valence-electron chi connectivity index (χ3n) is 3.30. The predicted octanol–water partition coefficient (Wildman–Crippen LogP) is 1.01. The van der Waals surface area contributed by atoms with E-state index >= 15 is 0 Å². The Kier molecular flexibility index (Phi) is 2.56. The number of hydrogen-bond acceptors (Lipinski definition) is 4. The smallest absolute Gasteiger partial charge is 0.412 e. The number of ether oxygens (including phenoxy) is 1. The topological polar surface area (TPSA) is 87.3 Å². The number of imidazole rings is 1. The van der Waals surface area contributed by atoms with Crippen molar-refractivity contribution in [2.45, 2.75) is 13.5 Å². The Morgan fingerprint density at radius 2 is 2.37 bits per heavy atom. The monoisotopic (exact) mass is 263 g/mol. The molecule has 1 amide bonds. The van der Waals surface area contributed by atoms with Crippen LogP contribution in [0.4, 0.5) is 10.5 Å². The van der Waals surface area contributed by atoms with Crippen molar-refractivity contribution in [1.82, 2.24) is 9.38 Å². The van der Waals surface area contributed by atoms with Gasteiger partial charge in [-0.15, -0.1) is 0 Å². The van der Waals surface area contributed by atoms with Gasteiger partial charge in [0.1, 0.15) is 6.61 Å². The number of hydrogen-bond donors (Lipinski definition) is 2. The van der Waals surface area contributed by atoms with E-state index in [2.05, 4.69) is 4.98 Å². The number of carboxylic acid groups (broad SMARTS) is 1. The molecule has 0 aromatic carbocycles. The molecule has 1 aliphatic rings. The van der Waals surface area contributed by atoms with Crippen molar-refractivity contribution in [2.75, 3.05) is 18.1 Å². The van der Waals surface area contributed by atoms with Crippen molar-refractivity contribution in [1.29, 1.82) is 0 Å². The van der Waals surface area contributed by atoms with E-state index in [4.69, 9.17) is 9.84 Å². The molecule has 0 fully saturated rings. The summed E-state index contributed by atoms with van der Waals surface area (Å²) in [7, 11) is 0. The van der Waals surface area contributed by atoms with Crippen molar-refractivity contribution in [3.8, 4) is 5.75 Å². The first kappa shape index (κ1) is 11.8. The number of pyridine rings is 1. The maximum absolute atomic E-state index is 11.2. The van der Waals surface area contributed by atoms with Gasteiger partial charge in [0, 0.05) is 11.9 Å². The third kappa shape index (κ3) is 1.62. The van der Waals surface area contributed by atoms with Crippen LogP contribution in [0.3, 0.4) is 0 Å². The summed E-state index contributed by atoms with van der Waals surface area (Å²) in [5.41, 5.74) is 2.39. The average molecular weight is 263 g/mol. The van der Waals surface area contributed by atoms with Gasteiger partial charge in [0.25, 0.3) is 0 Å². The van der Waals surface area contributed by atoms with Crippen molar-refractivity contribution < 1.29 is 19.7 Å². The molecule has 1 aliphatic heterocycles. The van der Waals surface area contributed by atoms with Gasteiger partial charge in [0.2, 0.25) is 0 Å². The maximum atomic E-state index is 11.2.